The Labute approximate surface area is 159 Å². The summed E-state index contributed by atoms with van der Waals surface area (Å²) in [5.41, 5.74) is -0.362. The summed E-state index contributed by atoms with van der Waals surface area (Å²) in [6, 6.07) is 10.8. The van der Waals surface area contributed by atoms with Crippen LogP contribution in [0.15, 0.2) is 41.3 Å². The molecule has 1 aliphatic heterocycles. The van der Waals surface area contributed by atoms with Crippen LogP contribution in [0.2, 0.25) is 5.02 Å². The lowest BCUT2D eigenvalue weighted by Gasteiger charge is -2.29. The lowest BCUT2D eigenvalue weighted by molar-refractivity contribution is 0.122. The number of hydrogen-bond donors (Lipinski definition) is 2. The van der Waals surface area contributed by atoms with Gasteiger partial charge in [-0.1, -0.05) is 41.9 Å². The number of sulfonamides is 1. The highest BCUT2D eigenvalue weighted by Gasteiger charge is 2.35. The Bertz CT molecular complexity index is 837. The number of nitrogens with one attached hydrogen (secondary N) is 2. The number of ether oxygens (including phenoxy) is 1. The molecule has 1 fully saturated rings. The van der Waals surface area contributed by atoms with E-state index >= 15 is 0 Å². The molecule has 1 saturated heterocycles. The van der Waals surface area contributed by atoms with Gasteiger partial charge in [-0.3, -0.25) is 0 Å². The lowest BCUT2D eigenvalue weighted by Crippen LogP contribution is -2.52. The standard InChI is InChI=1S/C17H21ClN2O3S.ClH/c1-23-12-17(9-4-10-19-17)11-20-24(21,22)16-14-6-3-2-5-13(14)7-8-15(16)18;/h2-3,5-8,19-20H,4,9-12H2,1H3;1H. The Morgan fingerprint density at radius 3 is 2.72 bits per heavy atom. The minimum atomic E-state index is -3.74. The molecule has 8 heteroatoms. The highest BCUT2D eigenvalue weighted by molar-refractivity contribution is 7.89. The van der Waals surface area contributed by atoms with Crippen LogP contribution < -0.4 is 10.0 Å². The molecule has 1 heterocycles. The van der Waals surface area contributed by atoms with E-state index < -0.39 is 10.0 Å². The van der Waals surface area contributed by atoms with Gasteiger partial charge in [-0.25, -0.2) is 13.1 Å². The summed E-state index contributed by atoms with van der Waals surface area (Å²) < 4.78 is 33.8. The summed E-state index contributed by atoms with van der Waals surface area (Å²) in [5.74, 6) is 0. The van der Waals surface area contributed by atoms with Crippen molar-refractivity contribution in [3.63, 3.8) is 0 Å². The van der Waals surface area contributed by atoms with Gasteiger partial charge in [0.15, 0.2) is 0 Å². The van der Waals surface area contributed by atoms with Crippen molar-refractivity contribution in [1.29, 1.82) is 0 Å². The van der Waals surface area contributed by atoms with Crippen LogP contribution in [0.4, 0.5) is 0 Å². The van der Waals surface area contributed by atoms with Crippen molar-refractivity contribution in [2.24, 2.45) is 0 Å². The molecule has 2 aromatic rings. The van der Waals surface area contributed by atoms with E-state index in [0.29, 0.717) is 12.0 Å². The predicted molar refractivity (Wildman–Crippen MR) is 103 cm³/mol. The molecule has 0 aliphatic carbocycles. The molecule has 1 atom stereocenters. The number of methoxy groups -OCH3 is 1. The van der Waals surface area contributed by atoms with Gasteiger partial charge in [-0.2, -0.15) is 0 Å². The van der Waals surface area contributed by atoms with E-state index in [2.05, 4.69) is 10.0 Å². The van der Waals surface area contributed by atoms with Gasteiger partial charge in [0.1, 0.15) is 4.90 Å². The Morgan fingerprint density at radius 1 is 1.28 bits per heavy atom. The molecule has 2 N–H and O–H groups in total. The van der Waals surface area contributed by atoms with Gasteiger partial charge < -0.3 is 10.1 Å². The van der Waals surface area contributed by atoms with Crippen LogP contribution >= 0.6 is 24.0 Å². The fourth-order valence-corrected chi connectivity index (χ4v) is 5.15. The number of rotatable bonds is 6. The molecule has 1 aliphatic rings. The van der Waals surface area contributed by atoms with E-state index in [1.807, 2.05) is 24.3 Å². The van der Waals surface area contributed by atoms with Gasteiger partial charge in [-0.05, 0) is 30.8 Å². The van der Waals surface area contributed by atoms with E-state index in [0.717, 1.165) is 24.8 Å². The number of fused-ring (bicyclic) bond motifs is 1. The van der Waals surface area contributed by atoms with E-state index in [4.69, 9.17) is 16.3 Å². The van der Waals surface area contributed by atoms with Crippen LogP contribution in [0, 0.1) is 0 Å². The van der Waals surface area contributed by atoms with Crippen molar-refractivity contribution in [3.05, 3.63) is 41.4 Å². The zero-order valence-electron chi connectivity index (χ0n) is 13.9. The van der Waals surface area contributed by atoms with Gasteiger partial charge in [0, 0.05) is 19.0 Å². The first kappa shape index (κ1) is 20.4. The van der Waals surface area contributed by atoms with Gasteiger partial charge in [0.2, 0.25) is 10.0 Å². The van der Waals surface area contributed by atoms with Gasteiger partial charge in [-0.15, -0.1) is 12.4 Å². The zero-order valence-corrected chi connectivity index (χ0v) is 16.3. The molecule has 0 saturated carbocycles. The van der Waals surface area contributed by atoms with Crippen LogP contribution in [0.25, 0.3) is 10.8 Å². The van der Waals surface area contributed by atoms with E-state index in [1.54, 1.807) is 19.2 Å². The zero-order chi connectivity index (χ0) is 17.2. The molecule has 0 amide bonds. The van der Waals surface area contributed by atoms with Crippen LogP contribution in [-0.2, 0) is 14.8 Å². The largest absolute Gasteiger partial charge is 0.383 e. The molecule has 3 rings (SSSR count). The summed E-state index contributed by atoms with van der Waals surface area (Å²) in [5, 5.41) is 5.05. The van der Waals surface area contributed by atoms with Crippen molar-refractivity contribution < 1.29 is 13.2 Å². The first-order valence-corrected chi connectivity index (χ1v) is 9.74. The topological polar surface area (TPSA) is 67.4 Å². The maximum absolute atomic E-state index is 12.9. The molecule has 1 unspecified atom stereocenters. The van der Waals surface area contributed by atoms with E-state index in [9.17, 15) is 8.42 Å². The van der Waals surface area contributed by atoms with Gasteiger partial charge >= 0.3 is 0 Å². The molecule has 0 bridgehead atoms. The maximum Gasteiger partial charge on any atom is 0.242 e. The van der Waals surface area contributed by atoms with Crippen molar-refractivity contribution in [2.75, 3.05) is 26.8 Å². The summed E-state index contributed by atoms with van der Waals surface area (Å²) in [6.45, 7) is 1.58. The van der Waals surface area contributed by atoms with Crippen LogP contribution in [0.3, 0.4) is 0 Å². The van der Waals surface area contributed by atoms with Gasteiger partial charge in [0.25, 0.3) is 0 Å². The fraction of sp³-hybridized carbons (Fsp3) is 0.412. The first-order chi connectivity index (χ1) is 11.5. The van der Waals surface area contributed by atoms with Crippen molar-refractivity contribution in [2.45, 2.75) is 23.3 Å². The molecule has 138 valence electrons. The van der Waals surface area contributed by atoms with Crippen LogP contribution in [-0.4, -0.2) is 40.8 Å². The van der Waals surface area contributed by atoms with Crippen molar-refractivity contribution in [1.82, 2.24) is 10.0 Å². The van der Waals surface area contributed by atoms with Crippen molar-refractivity contribution in [3.8, 4) is 0 Å². The summed E-state index contributed by atoms with van der Waals surface area (Å²) in [4.78, 5) is 0.132. The minimum Gasteiger partial charge on any atom is -0.383 e. The summed E-state index contributed by atoms with van der Waals surface area (Å²) in [6.07, 6.45) is 1.87. The molecule has 2 aromatic carbocycles. The quantitative estimate of drug-likeness (QED) is 0.776. The van der Waals surface area contributed by atoms with Crippen LogP contribution in [0.1, 0.15) is 12.8 Å². The highest BCUT2D eigenvalue weighted by atomic mass is 35.5. The molecule has 0 spiro atoms. The number of benzene rings is 2. The average molecular weight is 405 g/mol. The normalized spacial score (nSPS) is 20.6. The molecule has 5 nitrogen and oxygen atoms in total. The second-order valence-electron chi connectivity index (χ2n) is 6.17. The molecule has 25 heavy (non-hydrogen) atoms. The third-order valence-corrected chi connectivity index (χ3v) is 6.38. The highest BCUT2D eigenvalue weighted by Crippen LogP contribution is 2.30. The fourth-order valence-electron chi connectivity index (χ4n) is 3.26. The van der Waals surface area contributed by atoms with E-state index in [1.165, 1.54) is 0 Å². The summed E-state index contributed by atoms with van der Waals surface area (Å²) in [7, 11) is -2.12. The molecular formula is C17H22Cl2N2O3S. The predicted octanol–water partition coefficient (Wildman–Crippen LogP) is 2.96. The number of hydrogen-bond acceptors (Lipinski definition) is 4. The molecule has 0 radical (unpaired) electrons. The summed E-state index contributed by atoms with van der Waals surface area (Å²) >= 11 is 6.22. The second-order valence-corrected chi connectivity index (χ2v) is 8.28. The van der Waals surface area contributed by atoms with E-state index in [-0.39, 0.29) is 34.4 Å². The van der Waals surface area contributed by atoms with Crippen molar-refractivity contribution >= 4 is 44.8 Å². The SMILES string of the molecule is COCC1(CNS(=O)(=O)c2c(Cl)ccc3ccccc23)CCCN1.Cl. The minimum absolute atomic E-state index is 0. The average Bonchev–Trinajstić information content (AvgIpc) is 3.02. The second kappa shape index (κ2) is 8.20. The molecule has 0 aromatic heterocycles. The third kappa shape index (κ3) is 4.27. The third-order valence-electron chi connectivity index (χ3n) is 4.45. The monoisotopic (exact) mass is 404 g/mol. The van der Waals surface area contributed by atoms with Crippen LogP contribution in [0.5, 0.6) is 0 Å². The Kier molecular flexibility index (Phi) is 6.70. The Balaban J connectivity index is 0.00000225. The Morgan fingerprint density at radius 2 is 2.04 bits per heavy atom. The number of halogens is 2. The smallest absolute Gasteiger partial charge is 0.242 e. The molecular weight excluding hydrogens is 383 g/mol. The Hall–Kier alpha value is -0.890. The first-order valence-electron chi connectivity index (χ1n) is 7.88. The van der Waals surface area contributed by atoms with Gasteiger partial charge in [0.05, 0.1) is 17.2 Å². The maximum atomic E-state index is 12.9. The lowest BCUT2D eigenvalue weighted by atomic mass is 9.99.